The number of hydrogen-bond donors (Lipinski definition) is 1. The molecule has 1 atom stereocenters. The third-order valence-electron chi connectivity index (χ3n) is 2.91. The fourth-order valence-corrected chi connectivity index (χ4v) is 4.30. The van der Waals surface area contributed by atoms with Crippen LogP contribution in [0.3, 0.4) is 0 Å². The second-order valence-electron chi connectivity index (χ2n) is 3.85. The molecule has 5 heteroatoms. The van der Waals surface area contributed by atoms with Crippen LogP contribution in [0.5, 0.6) is 0 Å². The summed E-state index contributed by atoms with van der Waals surface area (Å²) in [7, 11) is 1.63. The van der Waals surface area contributed by atoms with E-state index in [2.05, 4.69) is 5.09 Å². The maximum atomic E-state index is 5.92. The van der Waals surface area contributed by atoms with Gasteiger partial charge in [-0.25, -0.2) is 5.09 Å². The van der Waals surface area contributed by atoms with Crippen molar-refractivity contribution < 1.29 is 9.05 Å². The maximum Gasteiger partial charge on any atom is 0.261 e. The summed E-state index contributed by atoms with van der Waals surface area (Å²) >= 11 is 5.28. The highest BCUT2D eigenvalue weighted by atomic mass is 32.5. The Morgan fingerprint density at radius 2 is 2.08 bits per heavy atom. The zero-order valence-corrected chi connectivity index (χ0v) is 9.63. The molecule has 13 heavy (non-hydrogen) atoms. The first-order chi connectivity index (χ1) is 6.18. The summed E-state index contributed by atoms with van der Waals surface area (Å²) < 4.78 is 11.1. The Bertz CT molecular complexity index is 240. The van der Waals surface area contributed by atoms with Crippen molar-refractivity contribution in [3.8, 4) is 0 Å². The van der Waals surface area contributed by atoms with Gasteiger partial charge in [0.15, 0.2) is 0 Å². The van der Waals surface area contributed by atoms with E-state index in [1.165, 1.54) is 19.3 Å². The van der Waals surface area contributed by atoms with E-state index in [1.807, 2.05) is 0 Å². The summed E-state index contributed by atoms with van der Waals surface area (Å²) in [5, 5.41) is 3.22. The van der Waals surface area contributed by atoms with Crippen LogP contribution in [0, 0.1) is 0 Å². The second-order valence-corrected chi connectivity index (χ2v) is 7.15. The second kappa shape index (κ2) is 3.59. The Morgan fingerprint density at radius 3 is 2.62 bits per heavy atom. The third-order valence-corrected chi connectivity index (χ3v) is 5.63. The van der Waals surface area contributed by atoms with E-state index in [9.17, 15) is 0 Å². The highest BCUT2D eigenvalue weighted by Crippen LogP contribution is 2.55. The molecule has 1 heterocycles. The summed E-state index contributed by atoms with van der Waals surface area (Å²) in [5.41, 5.74) is 0.0176. The van der Waals surface area contributed by atoms with Crippen LogP contribution in [0.2, 0.25) is 0 Å². The lowest BCUT2D eigenvalue weighted by Gasteiger charge is -2.31. The predicted molar refractivity (Wildman–Crippen MR) is 56.2 cm³/mol. The van der Waals surface area contributed by atoms with Crippen molar-refractivity contribution in [2.24, 2.45) is 0 Å². The minimum Gasteiger partial charge on any atom is -0.321 e. The SMILES string of the molecule is COP1(=S)NCC2(CCCCC2)O1. The van der Waals surface area contributed by atoms with Crippen LogP contribution >= 0.6 is 6.64 Å². The smallest absolute Gasteiger partial charge is 0.261 e. The zero-order chi connectivity index (χ0) is 9.36. The first-order valence-electron chi connectivity index (χ1n) is 4.80. The summed E-state index contributed by atoms with van der Waals surface area (Å²) in [6.45, 7) is -1.21. The van der Waals surface area contributed by atoms with Crippen molar-refractivity contribution in [3.05, 3.63) is 0 Å². The van der Waals surface area contributed by atoms with E-state index in [0.717, 1.165) is 19.4 Å². The molecule has 0 amide bonds. The molecule has 1 saturated carbocycles. The minimum atomic E-state index is -2.10. The molecule has 0 aromatic rings. The van der Waals surface area contributed by atoms with E-state index >= 15 is 0 Å². The average molecular weight is 221 g/mol. The highest BCUT2D eigenvalue weighted by Gasteiger charge is 2.44. The Morgan fingerprint density at radius 1 is 1.38 bits per heavy atom. The highest BCUT2D eigenvalue weighted by molar-refractivity contribution is 8.09. The van der Waals surface area contributed by atoms with Crippen molar-refractivity contribution in [1.82, 2.24) is 5.09 Å². The van der Waals surface area contributed by atoms with E-state index in [1.54, 1.807) is 7.11 Å². The molecule has 1 aliphatic heterocycles. The Kier molecular flexibility index (Phi) is 2.78. The van der Waals surface area contributed by atoms with Crippen LogP contribution < -0.4 is 5.09 Å². The van der Waals surface area contributed by atoms with Gasteiger partial charge in [-0.05, 0) is 24.6 Å². The summed E-state index contributed by atoms with van der Waals surface area (Å²) in [6, 6.07) is 0. The largest absolute Gasteiger partial charge is 0.321 e. The van der Waals surface area contributed by atoms with Crippen molar-refractivity contribution in [2.75, 3.05) is 13.7 Å². The first-order valence-corrected chi connectivity index (χ1v) is 7.44. The predicted octanol–water partition coefficient (Wildman–Crippen LogP) is 2.18. The third kappa shape index (κ3) is 1.97. The summed E-state index contributed by atoms with van der Waals surface area (Å²) in [4.78, 5) is 0. The Balaban J connectivity index is 2.06. The molecule has 1 spiro atoms. The molecular formula is C8H16NO2PS. The van der Waals surface area contributed by atoms with Gasteiger partial charge in [-0.3, -0.25) is 0 Å². The molecule has 0 aromatic heterocycles. The maximum absolute atomic E-state index is 5.92. The van der Waals surface area contributed by atoms with Gasteiger partial charge in [0.1, 0.15) is 0 Å². The normalized spacial score (nSPS) is 38.2. The lowest BCUT2D eigenvalue weighted by Crippen LogP contribution is -2.35. The molecule has 0 radical (unpaired) electrons. The zero-order valence-electron chi connectivity index (χ0n) is 7.91. The monoisotopic (exact) mass is 221 g/mol. The van der Waals surface area contributed by atoms with Gasteiger partial charge >= 0.3 is 0 Å². The first kappa shape index (κ1) is 10.1. The van der Waals surface area contributed by atoms with Crippen LogP contribution in [-0.2, 0) is 20.9 Å². The van der Waals surface area contributed by atoms with Crippen molar-refractivity contribution in [2.45, 2.75) is 37.7 Å². The van der Waals surface area contributed by atoms with Crippen molar-refractivity contribution in [3.63, 3.8) is 0 Å². The van der Waals surface area contributed by atoms with E-state index in [4.69, 9.17) is 20.9 Å². The summed E-state index contributed by atoms with van der Waals surface area (Å²) in [6.07, 6.45) is 6.14. The van der Waals surface area contributed by atoms with Crippen molar-refractivity contribution in [1.29, 1.82) is 0 Å². The lowest BCUT2D eigenvalue weighted by atomic mass is 9.85. The van der Waals surface area contributed by atoms with Crippen LogP contribution in [0.1, 0.15) is 32.1 Å². The standard InChI is InChI=1S/C8H16NO2PS/c1-10-12(13)9-7-8(11-12)5-3-2-4-6-8/h2-7H2,1H3,(H,9,13). The van der Waals surface area contributed by atoms with Gasteiger partial charge in [0, 0.05) is 13.7 Å². The van der Waals surface area contributed by atoms with E-state index in [0.29, 0.717) is 0 Å². The number of nitrogens with one attached hydrogen (secondary N) is 1. The molecular weight excluding hydrogens is 205 g/mol. The van der Waals surface area contributed by atoms with Gasteiger partial charge in [0.25, 0.3) is 6.64 Å². The lowest BCUT2D eigenvalue weighted by molar-refractivity contribution is 0.0597. The van der Waals surface area contributed by atoms with Crippen LogP contribution in [0.15, 0.2) is 0 Å². The molecule has 0 aromatic carbocycles. The fraction of sp³-hybridized carbons (Fsp3) is 1.00. The Labute approximate surface area is 84.4 Å². The summed E-state index contributed by atoms with van der Waals surface area (Å²) in [5.74, 6) is 0. The molecule has 2 rings (SSSR count). The average Bonchev–Trinajstić information content (AvgIpc) is 2.47. The molecule has 2 fully saturated rings. The van der Waals surface area contributed by atoms with Crippen LogP contribution in [-0.4, -0.2) is 19.3 Å². The molecule has 1 N–H and O–H groups in total. The molecule has 1 unspecified atom stereocenters. The molecule has 1 aliphatic carbocycles. The van der Waals surface area contributed by atoms with Gasteiger partial charge in [-0.1, -0.05) is 19.3 Å². The number of rotatable bonds is 1. The molecule has 1 saturated heterocycles. The van der Waals surface area contributed by atoms with Gasteiger partial charge in [0.05, 0.1) is 5.60 Å². The quantitative estimate of drug-likeness (QED) is 0.687. The molecule has 76 valence electrons. The van der Waals surface area contributed by atoms with Crippen LogP contribution in [0.4, 0.5) is 0 Å². The molecule has 2 aliphatic rings. The van der Waals surface area contributed by atoms with E-state index in [-0.39, 0.29) is 5.60 Å². The van der Waals surface area contributed by atoms with Crippen LogP contribution in [0.25, 0.3) is 0 Å². The van der Waals surface area contributed by atoms with E-state index < -0.39 is 6.64 Å². The molecule has 0 bridgehead atoms. The Hall–Kier alpha value is 0.530. The van der Waals surface area contributed by atoms with Gasteiger partial charge in [-0.2, -0.15) is 0 Å². The van der Waals surface area contributed by atoms with Gasteiger partial charge in [0.2, 0.25) is 0 Å². The van der Waals surface area contributed by atoms with Gasteiger partial charge < -0.3 is 9.05 Å². The fourth-order valence-electron chi connectivity index (χ4n) is 2.13. The minimum absolute atomic E-state index is 0.0176. The molecule has 3 nitrogen and oxygen atoms in total. The van der Waals surface area contributed by atoms with Gasteiger partial charge in [-0.15, -0.1) is 0 Å². The topological polar surface area (TPSA) is 30.5 Å². The number of hydrogen-bond acceptors (Lipinski definition) is 3. The van der Waals surface area contributed by atoms with Crippen molar-refractivity contribution >= 4 is 18.4 Å².